The zero-order valence-corrected chi connectivity index (χ0v) is 14.8. The van der Waals surface area contributed by atoms with E-state index in [0.717, 1.165) is 22.0 Å². The fraction of sp³-hybridized carbons (Fsp3) is 0.0526. The number of aromatic nitrogens is 2. The molecule has 4 aromatic rings. The first kappa shape index (κ1) is 17.0. The number of benzene rings is 2. The highest BCUT2D eigenvalue weighted by Gasteiger charge is 2.12. The Bertz CT molecular complexity index is 1120. The number of fused-ring (bicyclic) bond motifs is 1. The first-order chi connectivity index (χ1) is 13.1. The van der Waals surface area contributed by atoms with Crippen LogP contribution in [0.15, 0.2) is 59.0 Å². The van der Waals surface area contributed by atoms with Gasteiger partial charge in [0.1, 0.15) is 5.76 Å². The van der Waals surface area contributed by atoms with Crippen LogP contribution in [0.1, 0.15) is 5.56 Å². The SMILES string of the molecule is Nc1n[nH]c2ccc(-c3ccc(OC(=O)NCc4cccc(Cl)c4)o3)cc12. The molecule has 8 heteroatoms. The maximum atomic E-state index is 11.9. The molecular formula is C19H15ClN4O3. The number of rotatable bonds is 4. The lowest BCUT2D eigenvalue weighted by atomic mass is 10.1. The Labute approximate surface area is 159 Å². The van der Waals surface area contributed by atoms with Gasteiger partial charge in [0, 0.05) is 28.6 Å². The van der Waals surface area contributed by atoms with Gasteiger partial charge in [-0.1, -0.05) is 23.7 Å². The fourth-order valence-electron chi connectivity index (χ4n) is 2.67. The molecular weight excluding hydrogens is 368 g/mol. The van der Waals surface area contributed by atoms with E-state index in [0.29, 0.717) is 23.1 Å². The average Bonchev–Trinajstić information content (AvgIpc) is 3.27. The van der Waals surface area contributed by atoms with Gasteiger partial charge in [0.05, 0.1) is 5.52 Å². The molecule has 4 rings (SSSR count). The summed E-state index contributed by atoms with van der Waals surface area (Å²) in [5.41, 5.74) is 8.32. The molecule has 0 aliphatic rings. The molecule has 0 aliphatic carbocycles. The van der Waals surface area contributed by atoms with Crippen LogP contribution in [0, 0.1) is 0 Å². The monoisotopic (exact) mass is 382 g/mol. The number of amides is 1. The smallest absolute Gasteiger partial charge is 0.415 e. The summed E-state index contributed by atoms with van der Waals surface area (Å²) in [5, 5.41) is 10.8. The minimum Gasteiger partial charge on any atom is -0.425 e. The molecule has 2 heterocycles. The number of carbonyl (C=O) groups is 1. The summed E-state index contributed by atoms with van der Waals surface area (Å²) < 4.78 is 10.8. The zero-order valence-electron chi connectivity index (χ0n) is 14.0. The lowest BCUT2D eigenvalue weighted by Crippen LogP contribution is -2.26. The lowest BCUT2D eigenvalue weighted by molar-refractivity contribution is 0.187. The van der Waals surface area contributed by atoms with E-state index in [1.807, 2.05) is 30.3 Å². The van der Waals surface area contributed by atoms with Crippen molar-refractivity contribution in [3.8, 4) is 17.3 Å². The van der Waals surface area contributed by atoms with Crippen LogP contribution < -0.4 is 15.8 Å². The maximum Gasteiger partial charge on any atom is 0.415 e. The number of carbonyl (C=O) groups excluding carboxylic acids is 1. The number of anilines is 1. The van der Waals surface area contributed by atoms with E-state index >= 15 is 0 Å². The van der Waals surface area contributed by atoms with Crippen LogP contribution in [0.4, 0.5) is 10.6 Å². The Balaban J connectivity index is 1.42. The van der Waals surface area contributed by atoms with Crippen molar-refractivity contribution in [1.82, 2.24) is 15.5 Å². The summed E-state index contributed by atoms with van der Waals surface area (Å²) in [6.45, 7) is 0.295. The minimum absolute atomic E-state index is 0.0915. The van der Waals surface area contributed by atoms with Gasteiger partial charge >= 0.3 is 6.09 Å². The van der Waals surface area contributed by atoms with Gasteiger partial charge in [-0.25, -0.2) is 4.79 Å². The Morgan fingerprint density at radius 3 is 2.96 bits per heavy atom. The molecule has 7 nitrogen and oxygen atoms in total. The first-order valence-corrected chi connectivity index (χ1v) is 8.50. The van der Waals surface area contributed by atoms with Crippen molar-refractivity contribution in [2.75, 3.05) is 5.73 Å². The van der Waals surface area contributed by atoms with Gasteiger partial charge in [-0.05, 0) is 42.0 Å². The number of nitrogen functional groups attached to an aromatic ring is 1. The second-order valence-corrected chi connectivity index (χ2v) is 6.30. The molecule has 2 aromatic heterocycles. The number of halogens is 1. The minimum atomic E-state index is -0.620. The Morgan fingerprint density at radius 2 is 2.11 bits per heavy atom. The maximum absolute atomic E-state index is 11.9. The van der Waals surface area contributed by atoms with Crippen LogP contribution in [0.3, 0.4) is 0 Å². The van der Waals surface area contributed by atoms with Crippen molar-refractivity contribution in [2.24, 2.45) is 0 Å². The van der Waals surface area contributed by atoms with E-state index in [1.54, 1.807) is 24.3 Å². The van der Waals surface area contributed by atoms with E-state index in [9.17, 15) is 4.79 Å². The average molecular weight is 383 g/mol. The zero-order chi connectivity index (χ0) is 18.8. The molecule has 4 N–H and O–H groups in total. The second-order valence-electron chi connectivity index (χ2n) is 5.86. The number of furan rings is 1. The highest BCUT2D eigenvalue weighted by atomic mass is 35.5. The van der Waals surface area contributed by atoms with Crippen LogP contribution in [-0.4, -0.2) is 16.3 Å². The normalized spacial score (nSPS) is 10.9. The number of hydrogen-bond donors (Lipinski definition) is 3. The molecule has 0 atom stereocenters. The number of nitrogens with two attached hydrogens (primary N) is 1. The Hall–Kier alpha value is -3.45. The summed E-state index contributed by atoms with van der Waals surface area (Å²) >= 11 is 5.92. The van der Waals surface area contributed by atoms with E-state index < -0.39 is 6.09 Å². The predicted octanol–water partition coefficient (Wildman–Crippen LogP) is 4.35. The second kappa shape index (κ2) is 7.05. The summed E-state index contributed by atoms with van der Waals surface area (Å²) in [6, 6.07) is 16.1. The molecule has 1 amide bonds. The van der Waals surface area contributed by atoms with Gasteiger partial charge in [-0.3, -0.25) is 5.10 Å². The van der Waals surface area contributed by atoms with Crippen molar-refractivity contribution < 1.29 is 13.9 Å². The number of nitrogens with one attached hydrogen (secondary N) is 2. The third kappa shape index (κ3) is 3.73. The van der Waals surface area contributed by atoms with Crippen molar-refractivity contribution in [1.29, 1.82) is 0 Å². The van der Waals surface area contributed by atoms with E-state index in [2.05, 4.69) is 15.5 Å². The largest absolute Gasteiger partial charge is 0.425 e. The fourth-order valence-corrected chi connectivity index (χ4v) is 2.88. The molecule has 0 radical (unpaired) electrons. The number of hydrogen-bond acceptors (Lipinski definition) is 5. The van der Waals surface area contributed by atoms with Crippen LogP contribution in [0.2, 0.25) is 5.02 Å². The number of aromatic amines is 1. The molecule has 27 heavy (non-hydrogen) atoms. The molecule has 0 spiro atoms. The van der Waals surface area contributed by atoms with Crippen LogP contribution in [-0.2, 0) is 6.54 Å². The summed E-state index contributed by atoms with van der Waals surface area (Å²) in [6.07, 6.45) is -0.620. The molecule has 0 bridgehead atoms. The van der Waals surface area contributed by atoms with Crippen LogP contribution in [0.5, 0.6) is 5.95 Å². The van der Waals surface area contributed by atoms with Gasteiger partial charge in [0.2, 0.25) is 0 Å². The third-order valence-electron chi connectivity index (χ3n) is 3.98. The Kier molecular flexibility index (Phi) is 4.43. The predicted molar refractivity (Wildman–Crippen MR) is 103 cm³/mol. The summed E-state index contributed by atoms with van der Waals surface area (Å²) in [7, 11) is 0. The lowest BCUT2D eigenvalue weighted by Gasteiger charge is -2.05. The molecule has 0 aliphatic heterocycles. The summed E-state index contributed by atoms with van der Waals surface area (Å²) in [5.74, 6) is 1.05. The van der Waals surface area contributed by atoms with Crippen molar-refractivity contribution in [3.05, 3.63) is 65.2 Å². The van der Waals surface area contributed by atoms with Crippen LogP contribution in [0.25, 0.3) is 22.2 Å². The van der Waals surface area contributed by atoms with E-state index in [1.165, 1.54) is 0 Å². The quantitative estimate of drug-likeness (QED) is 0.486. The summed E-state index contributed by atoms with van der Waals surface area (Å²) in [4.78, 5) is 11.9. The van der Waals surface area contributed by atoms with Gasteiger partial charge in [-0.15, -0.1) is 0 Å². The van der Waals surface area contributed by atoms with Crippen molar-refractivity contribution in [2.45, 2.75) is 6.54 Å². The van der Waals surface area contributed by atoms with E-state index in [-0.39, 0.29) is 5.95 Å². The van der Waals surface area contributed by atoms with Crippen LogP contribution >= 0.6 is 11.6 Å². The van der Waals surface area contributed by atoms with E-state index in [4.69, 9.17) is 26.5 Å². The standard InChI is InChI=1S/C19H15ClN4O3/c20-13-3-1-2-11(8-13)10-22-19(25)27-17-7-6-16(26-17)12-4-5-15-14(9-12)18(21)24-23-15/h1-9H,10H2,(H,22,25)(H3,21,23,24). The third-order valence-corrected chi connectivity index (χ3v) is 4.21. The molecule has 0 unspecified atom stereocenters. The van der Waals surface area contributed by atoms with Gasteiger partial charge in [-0.2, -0.15) is 5.10 Å². The van der Waals surface area contributed by atoms with Gasteiger partial charge < -0.3 is 20.2 Å². The highest BCUT2D eigenvalue weighted by molar-refractivity contribution is 6.30. The van der Waals surface area contributed by atoms with Crippen molar-refractivity contribution in [3.63, 3.8) is 0 Å². The van der Waals surface area contributed by atoms with Gasteiger partial charge in [0.25, 0.3) is 5.95 Å². The molecule has 136 valence electrons. The number of H-pyrrole nitrogens is 1. The Morgan fingerprint density at radius 1 is 1.22 bits per heavy atom. The van der Waals surface area contributed by atoms with Gasteiger partial charge in [0.15, 0.2) is 5.82 Å². The number of ether oxygens (including phenoxy) is 1. The first-order valence-electron chi connectivity index (χ1n) is 8.12. The molecule has 0 saturated heterocycles. The number of nitrogens with zero attached hydrogens (tertiary/aromatic N) is 1. The molecule has 0 saturated carbocycles. The molecule has 2 aromatic carbocycles. The highest BCUT2D eigenvalue weighted by Crippen LogP contribution is 2.30. The topological polar surface area (TPSA) is 106 Å². The van der Waals surface area contributed by atoms with Crippen molar-refractivity contribution >= 4 is 34.4 Å². The molecule has 0 fully saturated rings.